The summed E-state index contributed by atoms with van der Waals surface area (Å²) in [6.07, 6.45) is 4.32. The molecule has 2 aliphatic rings. The van der Waals surface area contributed by atoms with E-state index in [4.69, 9.17) is 0 Å². The minimum absolute atomic E-state index is 0.157. The molecule has 0 aliphatic carbocycles. The first-order chi connectivity index (χ1) is 15.9. The third kappa shape index (κ3) is 5.44. The van der Waals surface area contributed by atoms with Crippen LogP contribution < -0.4 is 10.2 Å². The lowest BCUT2D eigenvalue weighted by atomic mass is 10.1. The van der Waals surface area contributed by atoms with E-state index in [1.165, 1.54) is 28.6 Å². The van der Waals surface area contributed by atoms with Crippen LogP contribution in [0.3, 0.4) is 0 Å². The van der Waals surface area contributed by atoms with E-state index < -0.39 is 10.0 Å². The first kappa shape index (κ1) is 23.0. The molecule has 0 atom stereocenters. The number of carbonyl (C=O) groups excluding carboxylic acids is 2. The van der Waals surface area contributed by atoms with Crippen LogP contribution in [0.15, 0.2) is 53.4 Å². The summed E-state index contributed by atoms with van der Waals surface area (Å²) in [6.45, 7) is 2.00. The number of hydrogen-bond donors (Lipinski definition) is 1. The van der Waals surface area contributed by atoms with Crippen molar-refractivity contribution in [3.05, 3.63) is 59.7 Å². The van der Waals surface area contributed by atoms with Gasteiger partial charge in [0.25, 0.3) is 5.91 Å². The zero-order chi connectivity index (χ0) is 23.3. The van der Waals surface area contributed by atoms with Crippen LogP contribution in [0.1, 0.15) is 48.0 Å². The fraction of sp³-hybridized carbons (Fsp3) is 0.360. The number of amides is 2. The molecule has 0 unspecified atom stereocenters. The van der Waals surface area contributed by atoms with Gasteiger partial charge in [0.1, 0.15) is 0 Å². The number of anilines is 1. The normalized spacial score (nSPS) is 16.8. The minimum Gasteiger partial charge on any atom is -0.341 e. The highest BCUT2D eigenvalue weighted by Crippen LogP contribution is 2.22. The molecule has 2 amide bonds. The van der Waals surface area contributed by atoms with Crippen molar-refractivity contribution in [2.45, 2.75) is 37.0 Å². The average molecular weight is 466 g/mol. The smallest absolute Gasteiger partial charge is 0.252 e. The molecule has 1 N–H and O–H groups in total. The number of nitrogens with zero attached hydrogens (tertiary/aromatic N) is 2. The maximum absolute atomic E-state index is 12.6. The second-order valence-corrected chi connectivity index (χ2v) is 10.1. The third-order valence-corrected chi connectivity index (χ3v) is 7.80. The SMILES string of the molecule is O=C(NCC#Cc1ccc(N2CCCCC2=O)cc1)c1ccc(S(=O)(=O)N2CCCC2)cc1. The minimum atomic E-state index is -3.49. The van der Waals surface area contributed by atoms with Gasteiger partial charge in [-0.25, -0.2) is 8.42 Å². The second kappa shape index (κ2) is 10.2. The zero-order valence-electron chi connectivity index (χ0n) is 18.4. The standard InChI is InChI=1S/C25H27N3O4S/c29-24-7-1-2-19-28(24)22-12-8-20(9-13-22)6-5-16-26-25(30)21-10-14-23(15-11-21)33(31,32)27-17-3-4-18-27/h8-15H,1-4,7,16-19H2,(H,26,30). The van der Waals surface area contributed by atoms with Crippen LogP contribution in [0.2, 0.25) is 0 Å². The predicted octanol–water partition coefficient (Wildman–Crippen LogP) is 2.77. The van der Waals surface area contributed by atoms with Gasteiger partial charge < -0.3 is 10.2 Å². The van der Waals surface area contributed by atoms with Crippen molar-refractivity contribution >= 4 is 27.5 Å². The average Bonchev–Trinajstić information content (AvgIpc) is 3.39. The quantitative estimate of drug-likeness (QED) is 0.688. The second-order valence-electron chi connectivity index (χ2n) is 8.17. The Labute approximate surface area is 194 Å². The largest absolute Gasteiger partial charge is 0.341 e. The topological polar surface area (TPSA) is 86.8 Å². The summed E-state index contributed by atoms with van der Waals surface area (Å²) in [7, 11) is -3.49. The van der Waals surface area contributed by atoms with Crippen LogP contribution in [-0.4, -0.2) is 50.7 Å². The molecule has 2 aliphatic heterocycles. The summed E-state index contributed by atoms with van der Waals surface area (Å²) in [5.74, 6) is 5.76. The lowest BCUT2D eigenvalue weighted by Gasteiger charge is -2.26. The van der Waals surface area contributed by atoms with E-state index in [0.717, 1.165) is 43.5 Å². The molecular weight excluding hydrogens is 438 g/mol. The van der Waals surface area contributed by atoms with Crippen molar-refractivity contribution in [1.82, 2.24) is 9.62 Å². The molecule has 0 radical (unpaired) electrons. The summed E-state index contributed by atoms with van der Waals surface area (Å²) in [5, 5.41) is 2.73. The fourth-order valence-electron chi connectivity index (χ4n) is 4.03. The van der Waals surface area contributed by atoms with E-state index in [-0.39, 0.29) is 23.3 Å². The van der Waals surface area contributed by atoms with Crippen molar-refractivity contribution in [3.63, 3.8) is 0 Å². The molecule has 2 heterocycles. The molecule has 2 saturated heterocycles. The number of benzene rings is 2. The van der Waals surface area contributed by atoms with Gasteiger partial charge in [-0.3, -0.25) is 9.59 Å². The number of nitrogens with one attached hydrogen (secondary N) is 1. The number of piperidine rings is 1. The maximum Gasteiger partial charge on any atom is 0.252 e. The van der Waals surface area contributed by atoms with Gasteiger partial charge in [-0.1, -0.05) is 11.8 Å². The lowest BCUT2D eigenvalue weighted by Crippen LogP contribution is -2.35. The van der Waals surface area contributed by atoms with Crippen LogP contribution in [0.5, 0.6) is 0 Å². The van der Waals surface area contributed by atoms with Gasteiger partial charge in [0.05, 0.1) is 11.4 Å². The fourth-order valence-corrected chi connectivity index (χ4v) is 5.55. The van der Waals surface area contributed by atoms with Gasteiger partial charge in [-0.05, 0) is 74.2 Å². The summed E-state index contributed by atoms with van der Waals surface area (Å²) in [5.41, 5.74) is 2.07. The number of sulfonamides is 1. The molecule has 2 aromatic carbocycles. The Morgan fingerprint density at radius 1 is 0.909 bits per heavy atom. The Bertz CT molecular complexity index is 1170. The van der Waals surface area contributed by atoms with Gasteiger partial charge in [-0.15, -0.1) is 0 Å². The summed E-state index contributed by atoms with van der Waals surface area (Å²) >= 11 is 0. The molecule has 8 heteroatoms. The Hall–Kier alpha value is -3.15. The van der Waals surface area contributed by atoms with E-state index >= 15 is 0 Å². The Morgan fingerprint density at radius 3 is 2.24 bits per heavy atom. The van der Waals surface area contributed by atoms with Gasteiger partial charge in [0.2, 0.25) is 15.9 Å². The predicted molar refractivity (Wildman–Crippen MR) is 126 cm³/mol. The van der Waals surface area contributed by atoms with Crippen LogP contribution in [0, 0.1) is 11.8 Å². The van der Waals surface area contributed by atoms with E-state index in [1.807, 2.05) is 29.2 Å². The molecule has 7 nitrogen and oxygen atoms in total. The summed E-state index contributed by atoms with van der Waals surface area (Å²) in [6, 6.07) is 13.5. The van der Waals surface area contributed by atoms with Gasteiger partial charge in [0.15, 0.2) is 0 Å². The number of carbonyl (C=O) groups is 2. The molecular formula is C25H27N3O4S. The first-order valence-corrected chi connectivity index (χ1v) is 12.7. The molecule has 0 spiro atoms. The highest BCUT2D eigenvalue weighted by atomic mass is 32.2. The molecule has 0 aromatic heterocycles. The lowest BCUT2D eigenvalue weighted by molar-refractivity contribution is -0.119. The van der Waals surface area contributed by atoms with Crippen LogP contribution >= 0.6 is 0 Å². The van der Waals surface area contributed by atoms with Gasteiger partial charge >= 0.3 is 0 Å². The highest BCUT2D eigenvalue weighted by Gasteiger charge is 2.27. The van der Waals surface area contributed by atoms with E-state index in [1.54, 1.807) is 0 Å². The van der Waals surface area contributed by atoms with Crippen molar-refractivity contribution < 1.29 is 18.0 Å². The molecule has 0 bridgehead atoms. The van der Waals surface area contributed by atoms with Gasteiger partial charge in [-0.2, -0.15) is 4.31 Å². The van der Waals surface area contributed by atoms with Crippen molar-refractivity contribution in [1.29, 1.82) is 0 Å². The summed E-state index contributed by atoms with van der Waals surface area (Å²) in [4.78, 5) is 26.4. The van der Waals surface area contributed by atoms with Crippen LogP contribution in [0.25, 0.3) is 0 Å². The summed E-state index contributed by atoms with van der Waals surface area (Å²) < 4.78 is 26.6. The zero-order valence-corrected chi connectivity index (χ0v) is 19.2. The van der Waals surface area contributed by atoms with Crippen molar-refractivity contribution in [3.8, 4) is 11.8 Å². The van der Waals surface area contributed by atoms with E-state index in [2.05, 4.69) is 17.2 Å². The highest BCUT2D eigenvalue weighted by molar-refractivity contribution is 7.89. The number of rotatable bonds is 5. The Kier molecular flexibility index (Phi) is 7.11. The Balaban J connectivity index is 1.30. The molecule has 172 valence electrons. The molecule has 33 heavy (non-hydrogen) atoms. The van der Waals surface area contributed by atoms with Gasteiger partial charge in [0, 0.05) is 42.9 Å². The van der Waals surface area contributed by atoms with E-state index in [0.29, 0.717) is 25.1 Å². The third-order valence-electron chi connectivity index (χ3n) is 5.89. The first-order valence-electron chi connectivity index (χ1n) is 11.2. The molecule has 0 saturated carbocycles. The maximum atomic E-state index is 12.6. The van der Waals surface area contributed by atoms with Crippen molar-refractivity contribution in [2.75, 3.05) is 31.1 Å². The molecule has 4 rings (SSSR count). The number of hydrogen-bond acceptors (Lipinski definition) is 4. The van der Waals surface area contributed by atoms with Crippen LogP contribution in [0.4, 0.5) is 5.69 Å². The Morgan fingerprint density at radius 2 is 1.58 bits per heavy atom. The molecule has 2 aromatic rings. The monoisotopic (exact) mass is 465 g/mol. The van der Waals surface area contributed by atoms with Crippen molar-refractivity contribution in [2.24, 2.45) is 0 Å². The molecule has 2 fully saturated rings. The van der Waals surface area contributed by atoms with E-state index in [9.17, 15) is 18.0 Å². The van der Waals surface area contributed by atoms with Crippen LogP contribution in [-0.2, 0) is 14.8 Å².